The quantitative estimate of drug-likeness (QED) is 0.171. The molecule has 0 unspecified atom stereocenters. The predicted molar refractivity (Wildman–Crippen MR) is 171 cm³/mol. The molecule has 0 radical (unpaired) electrons. The maximum absolute atomic E-state index is 14.9. The van der Waals surface area contributed by atoms with E-state index in [-0.39, 0.29) is 28.1 Å². The number of para-hydroxylation sites is 1. The van der Waals surface area contributed by atoms with Crippen molar-refractivity contribution in [3.05, 3.63) is 148 Å². The third kappa shape index (κ3) is 4.13. The van der Waals surface area contributed by atoms with Gasteiger partial charge in [-0.1, -0.05) is 78.3 Å². The van der Waals surface area contributed by atoms with Crippen molar-refractivity contribution in [2.45, 2.75) is 17.5 Å². The van der Waals surface area contributed by atoms with Crippen molar-refractivity contribution >= 4 is 52.4 Å². The Morgan fingerprint density at radius 3 is 2.48 bits per heavy atom. The first kappa shape index (κ1) is 28.1. The van der Waals surface area contributed by atoms with Crippen LogP contribution in [0.3, 0.4) is 0 Å². The van der Waals surface area contributed by atoms with E-state index in [1.165, 1.54) is 6.07 Å². The molecule has 0 saturated carbocycles. The van der Waals surface area contributed by atoms with Gasteiger partial charge < -0.3 is 15.0 Å². The lowest BCUT2D eigenvalue weighted by molar-refractivity contribution is -0.122. The van der Waals surface area contributed by atoms with Crippen LogP contribution in [-0.4, -0.2) is 35.0 Å². The van der Waals surface area contributed by atoms with Gasteiger partial charge >= 0.3 is 0 Å². The molecule has 6 nitrogen and oxygen atoms in total. The third-order valence-corrected chi connectivity index (χ3v) is 9.37. The van der Waals surface area contributed by atoms with Gasteiger partial charge in [0.1, 0.15) is 23.8 Å². The molecule has 4 aromatic rings. The van der Waals surface area contributed by atoms with Gasteiger partial charge in [-0.2, -0.15) is 0 Å². The molecule has 0 aliphatic carbocycles. The molecule has 1 N–H and O–H groups in total. The Hall–Kier alpha value is -4.65. The van der Waals surface area contributed by atoms with Gasteiger partial charge in [0.15, 0.2) is 11.6 Å². The molecule has 3 aliphatic rings. The topological polar surface area (TPSA) is 75.7 Å². The highest BCUT2D eigenvalue weighted by Gasteiger charge is 2.70. The molecule has 1 saturated heterocycles. The average molecular weight is 622 g/mol. The minimum atomic E-state index is -1.44. The highest BCUT2D eigenvalue weighted by atomic mass is 35.5. The second-order valence-corrected chi connectivity index (χ2v) is 11.9. The Balaban J connectivity index is 1.49. The van der Waals surface area contributed by atoms with Gasteiger partial charge in [-0.05, 0) is 71.3 Å². The molecule has 0 aromatic heterocycles. The van der Waals surface area contributed by atoms with Crippen molar-refractivity contribution in [1.29, 1.82) is 0 Å². The number of nitrogens with zero attached hydrogens (tertiary/aromatic N) is 1. The molecule has 1 fully saturated rings. The zero-order valence-electron chi connectivity index (χ0n) is 23.4. The van der Waals surface area contributed by atoms with Gasteiger partial charge in [-0.3, -0.25) is 14.4 Å². The number of hydrogen-bond donors (Lipinski definition) is 1. The minimum Gasteiger partial charge on any atom is -0.490 e. The number of carbonyl (C=O) groups excluding carboxylic acids is 3. The van der Waals surface area contributed by atoms with Crippen LogP contribution in [0.25, 0.3) is 6.08 Å². The highest BCUT2D eigenvalue weighted by Crippen LogP contribution is 2.62. The number of hydrogen-bond acceptors (Lipinski definition) is 5. The number of anilines is 1. The molecule has 1 amide bonds. The fraction of sp³-hybridized carbons (Fsp3) is 0.139. The molecule has 1 spiro atoms. The lowest BCUT2D eigenvalue weighted by atomic mass is 9.62. The Morgan fingerprint density at radius 1 is 0.955 bits per heavy atom. The lowest BCUT2D eigenvalue weighted by Crippen LogP contribution is -2.49. The van der Waals surface area contributed by atoms with E-state index in [4.69, 9.17) is 27.9 Å². The van der Waals surface area contributed by atoms with Crippen LogP contribution in [0.2, 0.25) is 10.0 Å². The normalized spacial score (nSPS) is 22.6. The zero-order chi connectivity index (χ0) is 30.6. The molecule has 3 heterocycles. The predicted octanol–water partition coefficient (Wildman–Crippen LogP) is 7.54. The summed E-state index contributed by atoms with van der Waals surface area (Å²) >= 11 is 12.8. The van der Waals surface area contributed by atoms with Crippen LogP contribution in [0, 0.1) is 5.92 Å². The van der Waals surface area contributed by atoms with E-state index in [2.05, 4.69) is 11.9 Å². The summed E-state index contributed by atoms with van der Waals surface area (Å²) in [5.74, 6) is -1.59. The summed E-state index contributed by atoms with van der Waals surface area (Å²) in [4.78, 5) is 46.1. The van der Waals surface area contributed by atoms with Crippen LogP contribution in [0.4, 0.5) is 5.69 Å². The van der Waals surface area contributed by atoms with Crippen molar-refractivity contribution in [2.75, 3.05) is 11.9 Å². The summed E-state index contributed by atoms with van der Waals surface area (Å²) in [6, 6.07) is 24.9. The summed E-state index contributed by atoms with van der Waals surface area (Å²) in [7, 11) is 0. The Bertz CT molecular complexity index is 1890. The first-order valence-electron chi connectivity index (χ1n) is 14.2. The maximum atomic E-state index is 14.9. The van der Waals surface area contributed by atoms with Crippen LogP contribution in [0.5, 0.6) is 5.75 Å². The summed E-state index contributed by atoms with van der Waals surface area (Å²) in [5, 5.41) is 3.61. The number of halogens is 2. The molecular formula is C36H26Cl2N2O4. The first-order chi connectivity index (χ1) is 21.4. The van der Waals surface area contributed by atoms with E-state index in [1.807, 2.05) is 65.7 Å². The van der Waals surface area contributed by atoms with Crippen LogP contribution >= 0.6 is 23.2 Å². The lowest BCUT2D eigenvalue weighted by Gasteiger charge is -2.38. The molecule has 0 bridgehead atoms. The molecule has 218 valence electrons. The van der Waals surface area contributed by atoms with Crippen LogP contribution in [-0.2, 0) is 10.2 Å². The van der Waals surface area contributed by atoms with Crippen LogP contribution in [0.1, 0.15) is 43.4 Å². The Kier molecular flexibility index (Phi) is 6.91. The number of nitrogens with one attached hydrogen (secondary N) is 1. The third-order valence-electron chi connectivity index (χ3n) is 8.82. The van der Waals surface area contributed by atoms with Gasteiger partial charge in [0.05, 0.1) is 17.0 Å². The Labute approximate surface area is 264 Å². The number of benzene rings is 4. The number of amides is 1. The van der Waals surface area contributed by atoms with Crippen LogP contribution < -0.4 is 10.1 Å². The molecule has 4 aromatic carbocycles. The summed E-state index contributed by atoms with van der Waals surface area (Å²) in [6.45, 7) is 3.99. The number of ether oxygens (including phenoxy) is 1. The molecule has 4 atom stereocenters. The Morgan fingerprint density at radius 2 is 1.70 bits per heavy atom. The van der Waals surface area contributed by atoms with Gasteiger partial charge in [0, 0.05) is 28.0 Å². The minimum absolute atomic E-state index is 0.174. The molecule has 3 aliphatic heterocycles. The van der Waals surface area contributed by atoms with Crippen LogP contribution in [0.15, 0.2) is 110 Å². The zero-order valence-corrected chi connectivity index (χ0v) is 24.9. The monoisotopic (exact) mass is 620 g/mol. The van der Waals surface area contributed by atoms with E-state index >= 15 is 0 Å². The van der Waals surface area contributed by atoms with E-state index in [0.29, 0.717) is 34.2 Å². The number of Topliss-reactive ketones (excluding diaryl/α,β-unsaturated/α-hetero) is 2. The largest absolute Gasteiger partial charge is 0.490 e. The van der Waals surface area contributed by atoms with E-state index in [1.54, 1.807) is 42.5 Å². The first-order valence-corrected chi connectivity index (χ1v) is 14.9. The molecule has 44 heavy (non-hydrogen) atoms. The number of carbonyl (C=O) groups is 3. The maximum Gasteiger partial charge on any atom is 0.238 e. The molecule has 8 heteroatoms. The second kappa shape index (κ2) is 10.8. The van der Waals surface area contributed by atoms with Gasteiger partial charge in [-0.25, -0.2) is 0 Å². The fourth-order valence-electron chi connectivity index (χ4n) is 7.07. The van der Waals surface area contributed by atoms with Gasteiger partial charge in [0.2, 0.25) is 5.91 Å². The fourth-order valence-corrected chi connectivity index (χ4v) is 7.57. The smallest absolute Gasteiger partial charge is 0.238 e. The van der Waals surface area contributed by atoms with Crippen molar-refractivity contribution in [3.63, 3.8) is 0 Å². The van der Waals surface area contributed by atoms with Gasteiger partial charge in [0.25, 0.3) is 0 Å². The second-order valence-electron chi connectivity index (χ2n) is 11.1. The van der Waals surface area contributed by atoms with Crippen molar-refractivity contribution < 1.29 is 19.1 Å². The molecular weight excluding hydrogens is 595 g/mol. The van der Waals surface area contributed by atoms with Crippen molar-refractivity contribution in [2.24, 2.45) is 5.92 Å². The summed E-state index contributed by atoms with van der Waals surface area (Å²) in [6.07, 6.45) is 5.38. The highest BCUT2D eigenvalue weighted by molar-refractivity contribution is 6.37. The number of ketones is 2. The van der Waals surface area contributed by atoms with Crippen molar-refractivity contribution in [3.8, 4) is 5.75 Å². The van der Waals surface area contributed by atoms with E-state index in [9.17, 15) is 14.4 Å². The number of rotatable bonds is 7. The van der Waals surface area contributed by atoms with E-state index < -0.39 is 23.4 Å². The number of fused-ring (bicyclic) bond motifs is 6. The summed E-state index contributed by atoms with van der Waals surface area (Å²) in [5.41, 5.74) is 2.20. The van der Waals surface area contributed by atoms with Gasteiger partial charge in [-0.15, -0.1) is 0 Å². The summed E-state index contributed by atoms with van der Waals surface area (Å²) < 4.78 is 5.64. The average Bonchev–Trinajstić information content (AvgIpc) is 3.51. The van der Waals surface area contributed by atoms with E-state index in [0.717, 1.165) is 11.1 Å². The standard InChI is InChI=1S/C36H26Cl2N2O4/c1-2-19-44-24-14-11-22(12-15-24)32(41)30-31(33(42)26-16-13-23(37)20-28(26)38)40-18-17-21-7-3-4-8-25(21)34(40)36(30)27-9-5-6-10-29(27)39-35(36)43/h2-18,20,30-31,34H,1,19H2,(H,39,43)/t30-,31-,34+,36+/m0/s1. The molecule has 7 rings (SSSR count). The van der Waals surface area contributed by atoms with Crippen molar-refractivity contribution in [1.82, 2.24) is 4.90 Å². The SMILES string of the molecule is C=CCOc1ccc(C(=O)[C@@H]2[C@@H](C(=O)c3ccc(Cl)cc3Cl)N3C=Cc4ccccc4[C@@H]3[C@]23C(=O)Nc2ccccc23)cc1.